The maximum Gasteiger partial charge on any atom is 0.272 e. The lowest BCUT2D eigenvalue weighted by Crippen LogP contribution is -2.31. The number of carbonyl (C=O) groups excluding carboxylic acids is 2. The van der Waals surface area contributed by atoms with Gasteiger partial charge in [0.1, 0.15) is 5.75 Å². The van der Waals surface area contributed by atoms with Crippen molar-refractivity contribution in [3.05, 3.63) is 59.0 Å². The Morgan fingerprint density at radius 3 is 2.41 bits per heavy atom. The van der Waals surface area contributed by atoms with Crippen molar-refractivity contribution in [1.82, 2.24) is 0 Å². The van der Waals surface area contributed by atoms with Crippen LogP contribution in [0.2, 0.25) is 0 Å². The molecule has 0 saturated carbocycles. The van der Waals surface area contributed by atoms with Crippen LogP contribution in [0.15, 0.2) is 53.4 Å². The highest BCUT2D eigenvalue weighted by atomic mass is 32.2. The molecule has 7 heteroatoms. The molecule has 3 rings (SSSR count). The molecule has 2 amide bonds. The van der Waals surface area contributed by atoms with E-state index in [1.807, 2.05) is 44.1 Å². The molecule has 0 bridgehead atoms. The van der Waals surface area contributed by atoms with E-state index < -0.39 is 0 Å². The molecular formula is C22H24N2O4S. The van der Waals surface area contributed by atoms with E-state index in [1.54, 1.807) is 30.3 Å². The molecule has 6 nitrogen and oxygen atoms in total. The molecule has 0 saturated heterocycles. The van der Waals surface area contributed by atoms with E-state index in [2.05, 4.69) is 0 Å². The van der Waals surface area contributed by atoms with E-state index in [1.165, 1.54) is 16.7 Å². The van der Waals surface area contributed by atoms with E-state index >= 15 is 0 Å². The Morgan fingerprint density at radius 1 is 1.07 bits per heavy atom. The van der Waals surface area contributed by atoms with Crippen molar-refractivity contribution >= 4 is 40.5 Å². The summed E-state index contributed by atoms with van der Waals surface area (Å²) in [6.45, 7) is 2.37. The maximum atomic E-state index is 13.3. The second-order valence-electron chi connectivity index (χ2n) is 6.59. The predicted molar refractivity (Wildman–Crippen MR) is 117 cm³/mol. The van der Waals surface area contributed by atoms with Gasteiger partial charge in [-0.3, -0.25) is 9.59 Å². The van der Waals surface area contributed by atoms with Crippen LogP contribution in [0.3, 0.4) is 0 Å². The molecule has 0 aliphatic carbocycles. The van der Waals surface area contributed by atoms with Crippen molar-refractivity contribution in [2.45, 2.75) is 6.92 Å². The molecule has 2 aromatic rings. The monoisotopic (exact) mass is 412 g/mol. The zero-order chi connectivity index (χ0) is 21.0. The van der Waals surface area contributed by atoms with Gasteiger partial charge in [-0.25, -0.2) is 4.90 Å². The predicted octanol–water partition coefficient (Wildman–Crippen LogP) is 3.16. The highest BCUT2D eigenvalue weighted by molar-refractivity contribution is 8.04. The fourth-order valence-corrected chi connectivity index (χ4v) is 3.93. The molecule has 0 radical (unpaired) electrons. The normalized spacial score (nSPS) is 14.0. The van der Waals surface area contributed by atoms with Crippen LogP contribution in [0, 0.1) is 0 Å². The average Bonchev–Trinajstić information content (AvgIpc) is 2.97. The first-order valence-electron chi connectivity index (χ1n) is 9.35. The molecule has 1 N–H and O–H groups in total. The summed E-state index contributed by atoms with van der Waals surface area (Å²) in [5, 5.41) is 9.24. The lowest BCUT2D eigenvalue weighted by atomic mass is 10.1. The molecule has 1 aliphatic rings. The number of anilines is 2. The molecular weight excluding hydrogens is 388 g/mol. The summed E-state index contributed by atoms with van der Waals surface area (Å²) in [5.41, 5.74) is 2.42. The summed E-state index contributed by atoms with van der Waals surface area (Å²) in [7, 11) is 3.80. The summed E-state index contributed by atoms with van der Waals surface area (Å²) in [4.78, 5) is 29.9. The van der Waals surface area contributed by atoms with Crippen molar-refractivity contribution in [2.75, 3.05) is 42.9 Å². The van der Waals surface area contributed by atoms with Crippen molar-refractivity contribution in [2.24, 2.45) is 0 Å². The van der Waals surface area contributed by atoms with E-state index in [4.69, 9.17) is 4.74 Å². The van der Waals surface area contributed by atoms with E-state index in [-0.39, 0.29) is 18.4 Å². The van der Waals surface area contributed by atoms with Crippen LogP contribution in [-0.2, 0) is 9.59 Å². The van der Waals surface area contributed by atoms with Gasteiger partial charge in [-0.2, -0.15) is 0 Å². The number of thioether (sulfide) groups is 1. The second kappa shape index (κ2) is 9.15. The van der Waals surface area contributed by atoms with Crippen molar-refractivity contribution in [3.63, 3.8) is 0 Å². The topological polar surface area (TPSA) is 70.1 Å². The Labute approximate surface area is 174 Å². The number of hydrogen-bond acceptors (Lipinski definition) is 6. The van der Waals surface area contributed by atoms with Gasteiger partial charge < -0.3 is 14.7 Å². The zero-order valence-electron chi connectivity index (χ0n) is 16.7. The Morgan fingerprint density at radius 2 is 1.79 bits per heavy atom. The van der Waals surface area contributed by atoms with Crippen LogP contribution >= 0.6 is 11.8 Å². The Bertz CT molecular complexity index is 938. The highest BCUT2D eigenvalue weighted by Gasteiger charge is 2.40. The van der Waals surface area contributed by atoms with Gasteiger partial charge in [-0.05, 0) is 42.8 Å². The summed E-state index contributed by atoms with van der Waals surface area (Å²) in [5.74, 6) is 0.304. The van der Waals surface area contributed by atoms with Gasteiger partial charge in [0.25, 0.3) is 11.8 Å². The minimum absolute atomic E-state index is 0.0810. The van der Waals surface area contributed by atoms with E-state index in [0.29, 0.717) is 39.8 Å². The molecule has 0 aromatic heterocycles. The number of imide groups is 1. The van der Waals surface area contributed by atoms with E-state index in [9.17, 15) is 14.7 Å². The van der Waals surface area contributed by atoms with Crippen LogP contribution in [-0.4, -0.2) is 50.0 Å². The minimum Gasteiger partial charge on any atom is -0.494 e. The van der Waals surface area contributed by atoms with Gasteiger partial charge in [0.2, 0.25) is 0 Å². The van der Waals surface area contributed by atoms with Gasteiger partial charge in [0, 0.05) is 25.5 Å². The Balaban J connectivity index is 2.02. The summed E-state index contributed by atoms with van der Waals surface area (Å²) in [6, 6.07) is 14.4. The van der Waals surface area contributed by atoms with Gasteiger partial charge in [0.05, 0.1) is 29.4 Å². The molecule has 1 aliphatic heterocycles. The third-order valence-electron chi connectivity index (χ3n) is 4.44. The number of aliphatic hydroxyl groups is 1. The summed E-state index contributed by atoms with van der Waals surface area (Å²) < 4.78 is 5.47. The molecule has 0 fully saturated rings. The number of nitrogens with zero attached hydrogens (tertiary/aromatic N) is 2. The maximum absolute atomic E-state index is 13.3. The summed E-state index contributed by atoms with van der Waals surface area (Å²) >= 11 is 1.20. The fourth-order valence-electron chi connectivity index (χ4n) is 3.08. The SMILES string of the molecule is CCOc1ccc(C2=C(SCCO)C(=O)N(c3cccc(N(C)C)c3)C2=O)cc1. The van der Waals surface area contributed by atoms with Gasteiger partial charge in [-0.15, -0.1) is 11.8 Å². The first-order chi connectivity index (χ1) is 14.0. The first kappa shape index (κ1) is 21.0. The lowest BCUT2D eigenvalue weighted by molar-refractivity contribution is -0.119. The van der Waals surface area contributed by atoms with Crippen LogP contribution < -0.4 is 14.5 Å². The van der Waals surface area contributed by atoms with Crippen molar-refractivity contribution in [1.29, 1.82) is 0 Å². The van der Waals surface area contributed by atoms with Crippen LogP contribution in [0.1, 0.15) is 12.5 Å². The molecule has 152 valence electrons. The molecule has 29 heavy (non-hydrogen) atoms. The molecule has 1 heterocycles. The van der Waals surface area contributed by atoms with Crippen LogP contribution in [0.5, 0.6) is 5.75 Å². The standard InChI is InChI=1S/C22H24N2O4S/c1-4-28-18-10-8-15(9-11-18)19-20(29-13-12-25)22(27)24(21(19)26)17-7-5-6-16(14-17)23(2)3/h5-11,14,25H,4,12-13H2,1-3H3. The van der Waals surface area contributed by atoms with Crippen molar-refractivity contribution in [3.8, 4) is 5.75 Å². The van der Waals surface area contributed by atoms with E-state index in [0.717, 1.165) is 5.69 Å². The average molecular weight is 413 g/mol. The zero-order valence-corrected chi connectivity index (χ0v) is 17.5. The lowest BCUT2D eigenvalue weighted by Gasteiger charge is -2.19. The van der Waals surface area contributed by atoms with Crippen LogP contribution in [0.25, 0.3) is 5.57 Å². The van der Waals surface area contributed by atoms with Gasteiger partial charge in [0.15, 0.2) is 0 Å². The van der Waals surface area contributed by atoms with Gasteiger partial charge >= 0.3 is 0 Å². The van der Waals surface area contributed by atoms with Crippen LogP contribution in [0.4, 0.5) is 11.4 Å². The summed E-state index contributed by atoms with van der Waals surface area (Å²) in [6.07, 6.45) is 0. The number of hydrogen-bond donors (Lipinski definition) is 1. The minimum atomic E-state index is -0.367. The van der Waals surface area contributed by atoms with Gasteiger partial charge in [-0.1, -0.05) is 18.2 Å². The number of ether oxygens (including phenoxy) is 1. The quantitative estimate of drug-likeness (QED) is 0.672. The molecule has 2 aromatic carbocycles. The largest absolute Gasteiger partial charge is 0.494 e. The number of carbonyl (C=O) groups is 2. The second-order valence-corrected chi connectivity index (χ2v) is 7.70. The highest BCUT2D eigenvalue weighted by Crippen LogP contribution is 2.39. The molecule has 0 spiro atoms. The smallest absolute Gasteiger partial charge is 0.272 e. The Hall–Kier alpha value is -2.77. The number of benzene rings is 2. The number of amides is 2. The molecule has 0 unspecified atom stereocenters. The Kier molecular flexibility index (Phi) is 6.61. The fraction of sp³-hybridized carbons (Fsp3) is 0.273. The molecule has 0 atom stereocenters. The third kappa shape index (κ3) is 4.31. The van der Waals surface area contributed by atoms with Crippen molar-refractivity contribution < 1.29 is 19.4 Å². The number of aliphatic hydroxyl groups excluding tert-OH is 1. The first-order valence-corrected chi connectivity index (χ1v) is 10.3. The third-order valence-corrected chi connectivity index (χ3v) is 5.49. The number of rotatable bonds is 8.